The molecule has 1 aromatic carbocycles. The van der Waals surface area contributed by atoms with Crippen molar-refractivity contribution in [2.24, 2.45) is 5.92 Å². The molecule has 1 aromatic heterocycles. The summed E-state index contributed by atoms with van der Waals surface area (Å²) in [6, 6.07) is 10.8. The molecule has 1 aliphatic heterocycles. The molecule has 1 amide bonds. The minimum Gasteiger partial charge on any atom is -0.347 e. The molecule has 1 N–H and O–H groups in total. The maximum Gasteiger partial charge on any atom is 0.252 e. The Bertz CT molecular complexity index is 864. The van der Waals surface area contributed by atoms with E-state index < -0.39 is 10.0 Å². The summed E-state index contributed by atoms with van der Waals surface area (Å²) in [6.45, 7) is 5.62. The molecule has 1 fully saturated rings. The van der Waals surface area contributed by atoms with Crippen LogP contribution in [0.15, 0.2) is 40.6 Å². The molecule has 0 aliphatic carbocycles. The first-order chi connectivity index (χ1) is 12.4. The molecular formula is C19H24N2O3S2. The quantitative estimate of drug-likeness (QED) is 0.848. The first-order valence-electron chi connectivity index (χ1n) is 8.80. The summed E-state index contributed by atoms with van der Waals surface area (Å²) in [5, 5.41) is 2.85. The third kappa shape index (κ3) is 4.34. The van der Waals surface area contributed by atoms with E-state index in [2.05, 4.69) is 12.2 Å². The molecule has 0 atom stereocenters. The SMILES string of the molecule is Cc1ccc(C(=O)NCc2ccc(S(=O)(=O)N3CCC(C)CC3)s2)cc1. The van der Waals surface area contributed by atoms with Crippen LogP contribution < -0.4 is 5.32 Å². The second-order valence-corrected chi connectivity index (χ2v) is 10.2. The normalized spacial score (nSPS) is 16.5. The maximum atomic E-state index is 12.7. The van der Waals surface area contributed by atoms with Gasteiger partial charge in [0.15, 0.2) is 0 Å². The van der Waals surface area contributed by atoms with Gasteiger partial charge in [0, 0.05) is 23.5 Å². The summed E-state index contributed by atoms with van der Waals surface area (Å²) < 4.78 is 27.4. The Morgan fingerprint density at radius 3 is 2.46 bits per heavy atom. The number of hydrogen-bond acceptors (Lipinski definition) is 4. The number of piperidine rings is 1. The van der Waals surface area contributed by atoms with Crippen LogP contribution in [0.5, 0.6) is 0 Å². The Morgan fingerprint density at radius 1 is 1.15 bits per heavy atom. The summed E-state index contributed by atoms with van der Waals surface area (Å²) in [7, 11) is -3.42. The smallest absolute Gasteiger partial charge is 0.252 e. The van der Waals surface area contributed by atoms with Gasteiger partial charge in [-0.05, 0) is 49.9 Å². The van der Waals surface area contributed by atoms with Gasteiger partial charge < -0.3 is 5.32 Å². The number of sulfonamides is 1. The van der Waals surface area contributed by atoms with Gasteiger partial charge in [-0.1, -0.05) is 24.6 Å². The van der Waals surface area contributed by atoms with Crippen LogP contribution in [0.2, 0.25) is 0 Å². The lowest BCUT2D eigenvalue weighted by Crippen LogP contribution is -2.37. The zero-order chi connectivity index (χ0) is 18.7. The van der Waals surface area contributed by atoms with Crippen molar-refractivity contribution < 1.29 is 13.2 Å². The first kappa shape index (κ1) is 19.1. The Balaban J connectivity index is 1.62. The third-order valence-electron chi connectivity index (χ3n) is 4.71. The number of nitrogens with zero attached hydrogens (tertiary/aromatic N) is 1. The van der Waals surface area contributed by atoms with Crippen LogP contribution in [0.3, 0.4) is 0 Å². The number of carbonyl (C=O) groups excluding carboxylic acids is 1. The number of carbonyl (C=O) groups is 1. The Morgan fingerprint density at radius 2 is 1.81 bits per heavy atom. The van der Waals surface area contributed by atoms with Crippen molar-refractivity contribution in [1.82, 2.24) is 9.62 Å². The predicted molar refractivity (Wildman–Crippen MR) is 104 cm³/mol. The Hall–Kier alpha value is -1.70. The Kier molecular flexibility index (Phi) is 5.79. The van der Waals surface area contributed by atoms with Crippen LogP contribution in [0.1, 0.15) is 40.6 Å². The summed E-state index contributed by atoms with van der Waals surface area (Å²) in [5.41, 5.74) is 1.70. The number of rotatable bonds is 5. The molecule has 26 heavy (non-hydrogen) atoms. The van der Waals surface area contributed by atoms with E-state index >= 15 is 0 Å². The fraction of sp³-hybridized carbons (Fsp3) is 0.421. The van der Waals surface area contributed by atoms with Crippen molar-refractivity contribution in [2.45, 2.75) is 37.4 Å². The van der Waals surface area contributed by atoms with Gasteiger partial charge in [-0.3, -0.25) is 4.79 Å². The number of thiophene rings is 1. The van der Waals surface area contributed by atoms with E-state index in [1.54, 1.807) is 28.6 Å². The molecule has 0 radical (unpaired) electrons. The molecule has 2 heterocycles. The van der Waals surface area contributed by atoms with Crippen molar-refractivity contribution in [1.29, 1.82) is 0 Å². The lowest BCUT2D eigenvalue weighted by molar-refractivity contribution is 0.0951. The van der Waals surface area contributed by atoms with Crippen LogP contribution in [-0.2, 0) is 16.6 Å². The Labute approximate surface area is 159 Å². The van der Waals surface area contributed by atoms with Gasteiger partial charge in [0.2, 0.25) is 0 Å². The molecular weight excluding hydrogens is 368 g/mol. The zero-order valence-corrected chi connectivity index (χ0v) is 16.7. The van der Waals surface area contributed by atoms with Gasteiger partial charge in [0.1, 0.15) is 4.21 Å². The standard InChI is InChI=1S/C19H24N2O3S2/c1-14-3-5-16(6-4-14)19(22)20-13-17-7-8-18(25-17)26(23,24)21-11-9-15(2)10-12-21/h3-8,15H,9-13H2,1-2H3,(H,20,22). The highest BCUT2D eigenvalue weighted by molar-refractivity contribution is 7.91. The van der Waals surface area contributed by atoms with Crippen molar-refractivity contribution in [2.75, 3.05) is 13.1 Å². The topological polar surface area (TPSA) is 66.5 Å². The van der Waals surface area contributed by atoms with E-state index in [1.165, 1.54) is 11.3 Å². The molecule has 0 spiro atoms. The van der Waals surface area contributed by atoms with E-state index in [-0.39, 0.29) is 5.91 Å². The number of nitrogens with one attached hydrogen (secondary N) is 1. The molecule has 2 aromatic rings. The van der Waals surface area contributed by atoms with Crippen LogP contribution in [0.25, 0.3) is 0 Å². The minimum absolute atomic E-state index is 0.159. The molecule has 7 heteroatoms. The highest BCUT2D eigenvalue weighted by atomic mass is 32.2. The van der Waals surface area contributed by atoms with Crippen molar-refractivity contribution in [3.63, 3.8) is 0 Å². The summed E-state index contributed by atoms with van der Waals surface area (Å²) >= 11 is 1.23. The van der Waals surface area contributed by atoms with Crippen molar-refractivity contribution >= 4 is 27.3 Å². The summed E-state index contributed by atoms with van der Waals surface area (Å²) in [5.74, 6) is 0.421. The zero-order valence-electron chi connectivity index (χ0n) is 15.1. The average molecular weight is 393 g/mol. The second-order valence-electron chi connectivity index (χ2n) is 6.86. The van der Waals surface area contributed by atoms with Gasteiger partial charge >= 0.3 is 0 Å². The second kappa shape index (κ2) is 7.90. The lowest BCUT2D eigenvalue weighted by atomic mass is 10.0. The van der Waals surface area contributed by atoms with E-state index in [9.17, 15) is 13.2 Å². The van der Waals surface area contributed by atoms with E-state index in [0.29, 0.717) is 35.3 Å². The van der Waals surface area contributed by atoms with Gasteiger partial charge in [-0.15, -0.1) is 11.3 Å². The number of amides is 1. The van der Waals surface area contributed by atoms with Gasteiger partial charge in [-0.25, -0.2) is 8.42 Å². The average Bonchev–Trinajstić information content (AvgIpc) is 3.10. The number of aryl methyl sites for hydroxylation is 1. The number of hydrogen-bond donors (Lipinski definition) is 1. The van der Waals surface area contributed by atoms with Crippen LogP contribution in [0, 0.1) is 12.8 Å². The maximum absolute atomic E-state index is 12.7. The molecule has 0 saturated carbocycles. The molecule has 5 nitrogen and oxygen atoms in total. The molecule has 0 unspecified atom stereocenters. The van der Waals surface area contributed by atoms with Gasteiger partial charge in [-0.2, -0.15) is 4.31 Å². The van der Waals surface area contributed by atoms with Crippen molar-refractivity contribution in [3.8, 4) is 0 Å². The fourth-order valence-corrected chi connectivity index (χ4v) is 5.84. The lowest BCUT2D eigenvalue weighted by Gasteiger charge is -2.28. The molecule has 3 rings (SSSR count). The molecule has 1 saturated heterocycles. The van der Waals surface area contributed by atoms with Gasteiger partial charge in [0.05, 0.1) is 6.54 Å². The summed E-state index contributed by atoms with van der Waals surface area (Å²) in [4.78, 5) is 13.0. The van der Waals surface area contributed by atoms with Crippen molar-refractivity contribution in [3.05, 3.63) is 52.4 Å². The van der Waals surface area contributed by atoms with Crippen LogP contribution in [0.4, 0.5) is 0 Å². The van der Waals surface area contributed by atoms with E-state index in [4.69, 9.17) is 0 Å². The molecule has 1 aliphatic rings. The predicted octanol–water partition coefficient (Wildman–Crippen LogP) is 3.41. The summed E-state index contributed by atoms with van der Waals surface area (Å²) in [6.07, 6.45) is 1.81. The van der Waals surface area contributed by atoms with E-state index in [0.717, 1.165) is 23.3 Å². The minimum atomic E-state index is -3.42. The van der Waals surface area contributed by atoms with E-state index in [1.807, 2.05) is 19.1 Å². The first-order valence-corrected chi connectivity index (χ1v) is 11.1. The monoisotopic (exact) mass is 392 g/mol. The molecule has 0 bridgehead atoms. The largest absolute Gasteiger partial charge is 0.347 e. The third-order valence-corrected chi connectivity index (χ3v) is 8.16. The van der Waals surface area contributed by atoms with Crippen LogP contribution >= 0.6 is 11.3 Å². The highest BCUT2D eigenvalue weighted by Gasteiger charge is 2.29. The number of benzene rings is 1. The van der Waals surface area contributed by atoms with Crippen LogP contribution in [-0.4, -0.2) is 31.7 Å². The van der Waals surface area contributed by atoms with Gasteiger partial charge in [0.25, 0.3) is 15.9 Å². The fourth-order valence-electron chi connectivity index (χ4n) is 2.92. The molecule has 140 valence electrons. The highest BCUT2D eigenvalue weighted by Crippen LogP contribution is 2.28.